The van der Waals surface area contributed by atoms with Crippen LogP contribution in [0.1, 0.15) is 0 Å². The van der Waals surface area contributed by atoms with Crippen molar-refractivity contribution < 1.29 is 53.1 Å². The van der Waals surface area contributed by atoms with Crippen LogP contribution in [0.15, 0.2) is 50.6 Å². The number of fused-ring (bicyclic) bond motifs is 1. The number of thiophene rings is 1. The molecule has 1 atom stereocenters. The first-order chi connectivity index (χ1) is 18.0. The largest absolute Gasteiger partial charge is 0.502 e. The minimum absolute atomic E-state index is 0.0271. The molecule has 1 heterocycles. The van der Waals surface area contributed by atoms with E-state index < -0.39 is 55.7 Å². The van der Waals surface area contributed by atoms with E-state index in [9.17, 15) is 43.9 Å². The van der Waals surface area contributed by atoms with E-state index in [1.165, 1.54) is 18.2 Å². The van der Waals surface area contributed by atoms with E-state index >= 15 is 0 Å². The molecule has 1 aromatic heterocycles. The Morgan fingerprint density at radius 3 is 2.46 bits per heavy atom. The maximum absolute atomic E-state index is 14.0. The first-order valence-corrected chi connectivity index (χ1v) is 15.9. The molecule has 39 heavy (non-hydrogen) atoms. The van der Waals surface area contributed by atoms with Crippen LogP contribution in [0.2, 0.25) is 5.02 Å². The molecule has 212 valence electrons. The monoisotopic (exact) mass is 652 g/mol. The van der Waals surface area contributed by atoms with Gasteiger partial charge in [0, 0.05) is 17.0 Å². The standard InChI is InChI=1S/C18H14ClF4N4O8PS3/c19-13-7-12(34-4-3-25-27-24)5-10-6-16(37-17(10)13)39(32,33)26-9-36(28,29)35-11-1-2-15(14(20)8-11)38(30,31)18(21,22)23/h1-2,5-8,26H,3-4,9H2,(H,28,29). The zero-order chi connectivity index (χ0) is 29.2. The molecule has 0 fully saturated rings. The Morgan fingerprint density at radius 1 is 1.15 bits per heavy atom. The third-order valence-electron chi connectivity index (χ3n) is 4.51. The number of azide groups is 1. The molecule has 21 heteroatoms. The van der Waals surface area contributed by atoms with Gasteiger partial charge in [-0.1, -0.05) is 16.7 Å². The van der Waals surface area contributed by atoms with E-state index in [1.807, 2.05) is 4.72 Å². The molecule has 12 nitrogen and oxygen atoms in total. The number of hydrogen-bond acceptors (Lipinski definition) is 9. The Hall–Kier alpha value is -2.63. The normalized spacial score (nSPS) is 14.0. The van der Waals surface area contributed by atoms with Crippen molar-refractivity contribution in [2.24, 2.45) is 5.11 Å². The third kappa shape index (κ3) is 7.32. The van der Waals surface area contributed by atoms with Gasteiger partial charge in [-0.15, -0.1) is 11.3 Å². The Labute approximate surface area is 226 Å². The van der Waals surface area contributed by atoms with E-state index in [4.69, 9.17) is 21.9 Å². The number of hydrogen-bond donors (Lipinski definition) is 2. The van der Waals surface area contributed by atoms with Crippen LogP contribution < -0.4 is 14.0 Å². The van der Waals surface area contributed by atoms with Gasteiger partial charge in [-0.25, -0.2) is 25.8 Å². The lowest BCUT2D eigenvalue weighted by atomic mass is 10.2. The number of rotatable bonds is 11. The second-order valence-electron chi connectivity index (χ2n) is 7.27. The molecule has 0 aliphatic rings. The topological polar surface area (TPSA) is 185 Å². The van der Waals surface area contributed by atoms with Gasteiger partial charge in [-0.05, 0) is 35.2 Å². The van der Waals surface area contributed by atoms with Crippen LogP contribution in [0.3, 0.4) is 0 Å². The maximum atomic E-state index is 14.0. The van der Waals surface area contributed by atoms with Crippen molar-refractivity contribution in [1.82, 2.24) is 4.72 Å². The van der Waals surface area contributed by atoms with Gasteiger partial charge >= 0.3 is 13.1 Å². The number of sulfone groups is 1. The lowest BCUT2D eigenvalue weighted by Gasteiger charge is -2.15. The zero-order valence-corrected chi connectivity index (χ0v) is 22.9. The average Bonchev–Trinajstić information content (AvgIpc) is 3.26. The quantitative estimate of drug-likeness (QED) is 0.0709. The van der Waals surface area contributed by atoms with Crippen molar-refractivity contribution in [3.8, 4) is 11.5 Å². The Balaban J connectivity index is 1.74. The molecule has 1 unspecified atom stereocenters. The number of nitrogens with zero attached hydrogens (tertiary/aromatic N) is 3. The number of sulfonamides is 1. The van der Waals surface area contributed by atoms with Crippen LogP contribution in [-0.2, 0) is 24.4 Å². The highest BCUT2D eigenvalue weighted by atomic mass is 35.5. The van der Waals surface area contributed by atoms with Crippen molar-refractivity contribution in [3.63, 3.8) is 0 Å². The van der Waals surface area contributed by atoms with Gasteiger partial charge in [-0.3, -0.25) is 0 Å². The molecule has 0 saturated carbocycles. The number of ether oxygens (including phenoxy) is 1. The number of benzene rings is 2. The van der Waals surface area contributed by atoms with Gasteiger partial charge in [0.1, 0.15) is 32.7 Å². The van der Waals surface area contributed by atoms with Crippen LogP contribution in [-0.4, -0.2) is 46.7 Å². The van der Waals surface area contributed by atoms with E-state index in [-0.39, 0.29) is 40.3 Å². The van der Waals surface area contributed by atoms with Crippen molar-refractivity contribution in [2.75, 3.05) is 19.4 Å². The molecule has 3 aromatic rings. The lowest BCUT2D eigenvalue weighted by Crippen LogP contribution is -2.25. The number of nitrogens with one attached hydrogen (secondary N) is 1. The average molecular weight is 653 g/mol. The van der Waals surface area contributed by atoms with E-state index in [0.29, 0.717) is 16.2 Å². The summed E-state index contributed by atoms with van der Waals surface area (Å²) < 4.78 is 124. The van der Waals surface area contributed by atoms with Crippen LogP contribution in [0.4, 0.5) is 17.6 Å². The SMILES string of the molecule is [N-]=[N+]=NCCOc1cc(Cl)c2sc(S(=O)(=O)NCP(=O)(O)Oc3ccc(S(=O)(=O)C(F)(F)F)c(F)c3)cc2c1. The molecule has 0 bridgehead atoms. The predicted octanol–water partition coefficient (Wildman–Crippen LogP) is 5.18. The molecule has 2 aromatic carbocycles. The molecule has 0 amide bonds. The lowest BCUT2D eigenvalue weighted by molar-refractivity contribution is -0.0437. The van der Waals surface area contributed by atoms with Crippen LogP contribution in [0.25, 0.3) is 20.5 Å². The predicted molar refractivity (Wildman–Crippen MR) is 132 cm³/mol. The molecule has 0 saturated heterocycles. The highest BCUT2D eigenvalue weighted by Crippen LogP contribution is 2.43. The van der Waals surface area contributed by atoms with E-state index in [2.05, 4.69) is 14.5 Å². The molecule has 0 radical (unpaired) electrons. The molecule has 0 aliphatic heterocycles. The minimum atomic E-state index is -6.04. The molecular formula is C18H14ClF4N4O8PS3. The van der Waals surface area contributed by atoms with Crippen molar-refractivity contribution in [2.45, 2.75) is 14.6 Å². The van der Waals surface area contributed by atoms with Gasteiger partial charge in [-0.2, -0.15) is 17.9 Å². The third-order valence-corrected chi connectivity index (χ3v) is 10.8. The molecule has 3 rings (SSSR count). The minimum Gasteiger partial charge on any atom is -0.493 e. The summed E-state index contributed by atoms with van der Waals surface area (Å²) in [7, 11) is -15.4. The van der Waals surface area contributed by atoms with E-state index in [0.717, 1.165) is 11.3 Å². The summed E-state index contributed by atoms with van der Waals surface area (Å²) in [6, 6.07) is 4.89. The van der Waals surface area contributed by atoms with Gasteiger partial charge in [0.25, 0.3) is 19.9 Å². The van der Waals surface area contributed by atoms with Gasteiger partial charge in [0.2, 0.25) is 0 Å². The molecule has 0 aliphatic carbocycles. The summed E-state index contributed by atoms with van der Waals surface area (Å²) in [5, 5.41) is 3.78. The Kier molecular flexibility index (Phi) is 9.08. The van der Waals surface area contributed by atoms with Gasteiger partial charge in [0.05, 0.1) is 22.9 Å². The van der Waals surface area contributed by atoms with E-state index in [1.54, 1.807) is 0 Å². The Morgan fingerprint density at radius 2 is 1.85 bits per heavy atom. The van der Waals surface area contributed by atoms with Crippen molar-refractivity contribution in [1.29, 1.82) is 0 Å². The summed E-state index contributed by atoms with van der Waals surface area (Å²) in [6.45, 7) is 0.0609. The highest BCUT2D eigenvalue weighted by Gasteiger charge is 2.48. The fraction of sp³-hybridized carbons (Fsp3) is 0.222. The number of halogens is 5. The first-order valence-electron chi connectivity index (χ1n) is 9.95. The summed E-state index contributed by atoms with van der Waals surface area (Å²) >= 11 is 6.90. The summed E-state index contributed by atoms with van der Waals surface area (Å²) in [5.41, 5.74) is 2.49. The molecular weight excluding hydrogens is 639 g/mol. The summed E-state index contributed by atoms with van der Waals surface area (Å²) in [6.07, 6.45) is -1.24. The molecule has 2 N–H and O–H groups in total. The zero-order valence-electron chi connectivity index (χ0n) is 18.8. The smallest absolute Gasteiger partial charge is 0.493 e. The van der Waals surface area contributed by atoms with Crippen molar-refractivity contribution >= 4 is 60.5 Å². The van der Waals surface area contributed by atoms with Crippen molar-refractivity contribution in [3.05, 3.63) is 57.7 Å². The second-order valence-corrected chi connectivity index (χ2v) is 14.4. The van der Waals surface area contributed by atoms with Crippen LogP contribution in [0.5, 0.6) is 11.5 Å². The first kappa shape index (κ1) is 30.9. The second kappa shape index (κ2) is 11.5. The maximum Gasteiger partial charge on any atom is 0.502 e. The number of alkyl halides is 3. The summed E-state index contributed by atoms with van der Waals surface area (Å²) in [4.78, 5) is 10.8. The fourth-order valence-corrected chi connectivity index (χ4v) is 7.89. The van der Waals surface area contributed by atoms with Gasteiger partial charge in [0.15, 0.2) is 0 Å². The highest BCUT2D eigenvalue weighted by molar-refractivity contribution is 7.92. The molecule has 0 spiro atoms. The van der Waals surface area contributed by atoms with Crippen LogP contribution >= 0.6 is 30.5 Å². The Bertz CT molecular complexity index is 1730. The van der Waals surface area contributed by atoms with Gasteiger partial charge < -0.3 is 14.2 Å². The van der Waals surface area contributed by atoms with Crippen LogP contribution in [0, 0.1) is 5.82 Å². The summed E-state index contributed by atoms with van der Waals surface area (Å²) in [5.74, 6) is -2.49. The fourth-order valence-electron chi connectivity index (χ4n) is 2.84.